The fourth-order valence-electron chi connectivity index (χ4n) is 9.28. The van der Waals surface area contributed by atoms with Gasteiger partial charge < -0.3 is 19.4 Å². The Balaban J connectivity index is 0.987. The fraction of sp³-hybridized carbons (Fsp3) is 0.488. The highest BCUT2D eigenvalue weighted by Crippen LogP contribution is 2.59. The Morgan fingerprint density at radius 3 is 2.02 bits per heavy atom. The lowest BCUT2D eigenvalue weighted by atomic mass is 9.83. The van der Waals surface area contributed by atoms with Gasteiger partial charge >= 0.3 is 12.2 Å². The van der Waals surface area contributed by atoms with Crippen molar-refractivity contribution in [2.24, 2.45) is 0 Å². The van der Waals surface area contributed by atoms with E-state index >= 15 is 0 Å². The summed E-state index contributed by atoms with van der Waals surface area (Å²) < 4.78 is 11.4. The van der Waals surface area contributed by atoms with E-state index in [-0.39, 0.29) is 24.3 Å². The topological polar surface area (TPSA) is 116 Å². The number of hydrogen-bond donors (Lipinski definition) is 2. The van der Waals surface area contributed by atoms with Crippen LogP contribution in [0.1, 0.15) is 133 Å². The minimum Gasteiger partial charge on any atom is -0.444 e. The predicted octanol–water partition coefficient (Wildman–Crippen LogP) is 10.9. The zero-order chi connectivity index (χ0) is 37.5. The van der Waals surface area contributed by atoms with Crippen LogP contribution in [0, 0.1) is 0 Å². The molecule has 282 valence electrons. The molecule has 11 heteroatoms. The average Bonchev–Trinajstić information content (AvgIpc) is 3.97. The molecule has 3 unspecified atom stereocenters. The number of hydrogen-bond acceptors (Lipinski definition) is 7. The predicted molar refractivity (Wildman–Crippen MR) is 212 cm³/mol. The second-order valence-electron chi connectivity index (χ2n) is 17.6. The minimum absolute atomic E-state index is 0.110. The fourth-order valence-corrected chi connectivity index (χ4v) is 10.3. The molecule has 3 aromatic heterocycles. The summed E-state index contributed by atoms with van der Waals surface area (Å²) in [5.74, 6) is 2.79. The van der Waals surface area contributed by atoms with Crippen molar-refractivity contribution in [3.8, 4) is 32.1 Å². The highest BCUT2D eigenvalue weighted by atomic mass is 32.1. The molecule has 5 aromatic rings. The number of aromatic nitrogens is 4. The standard InChI is InChI=1S/C43H50N6O4S/c1-42(2,3)52-40(50)48-19-7-9-32(48)38-44-23-31(47-38)35-18-17-34(54-35)28-15-14-27(36-25-11-12-26(21-25)37(28)36)24-13-16-29-30(22-24)46-39(45-29)33-10-8-20-49(33)41(51)53-43(4,5)6/h13-18,22-23,25-26,32-33H,7-12,19-21H2,1-6H3,(H,44,47)(H,45,46)/t25?,26?,32?,33-/m0/s1. The Bertz CT molecular complexity index is 2250. The summed E-state index contributed by atoms with van der Waals surface area (Å²) in [6.45, 7) is 12.8. The molecule has 0 spiro atoms. The average molecular weight is 747 g/mol. The van der Waals surface area contributed by atoms with Crippen molar-refractivity contribution in [1.29, 1.82) is 0 Å². The molecule has 10 nitrogen and oxygen atoms in total. The zero-order valence-corrected chi connectivity index (χ0v) is 32.9. The molecule has 2 aromatic carbocycles. The van der Waals surface area contributed by atoms with Crippen LogP contribution in [0.4, 0.5) is 9.59 Å². The van der Waals surface area contributed by atoms with Crippen molar-refractivity contribution in [3.05, 3.63) is 71.4 Å². The maximum absolute atomic E-state index is 13.0. The summed E-state index contributed by atoms with van der Waals surface area (Å²) >= 11 is 1.80. The Labute approximate surface area is 320 Å². The largest absolute Gasteiger partial charge is 0.444 e. The zero-order valence-electron chi connectivity index (χ0n) is 32.1. The summed E-state index contributed by atoms with van der Waals surface area (Å²) in [6, 6.07) is 15.5. The molecule has 9 rings (SSSR count). The number of H-pyrrole nitrogens is 2. The van der Waals surface area contributed by atoms with E-state index in [2.05, 4.69) is 52.4 Å². The molecule has 2 aliphatic heterocycles. The number of rotatable bonds is 5. The van der Waals surface area contributed by atoms with E-state index in [4.69, 9.17) is 19.4 Å². The molecular weight excluding hydrogens is 697 g/mol. The quantitative estimate of drug-likeness (QED) is 0.185. The van der Waals surface area contributed by atoms with Gasteiger partial charge in [0.05, 0.1) is 39.9 Å². The number of thiophene rings is 1. The number of nitrogens with one attached hydrogen (secondary N) is 2. The van der Waals surface area contributed by atoms with Crippen LogP contribution in [0.25, 0.3) is 43.2 Å². The number of fused-ring (bicyclic) bond motifs is 6. The lowest BCUT2D eigenvalue weighted by molar-refractivity contribution is 0.0208. The number of nitrogens with zero attached hydrogens (tertiary/aromatic N) is 4. The monoisotopic (exact) mass is 746 g/mol. The first kappa shape index (κ1) is 35.1. The molecular formula is C43H50N6O4S. The van der Waals surface area contributed by atoms with Crippen LogP contribution in [0.15, 0.2) is 48.7 Å². The second kappa shape index (κ2) is 13.0. The number of carbonyl (C=O) groups is 2. The third-order valence-corrected chi connectivity index (χ3v) is 12.6. The minimum atomic E-state index is -0.540. The van der Waals surface area contributed by atoms with Gasteiger partial charge in [0.1, 0.15) is 22.9 Å². The maximum Gasteiger partial charge on any atom is 0.410 e. The van der Waals surface area contributed by atoms with E-state index < -0.39 is 11.2 Å². The second-order valence-corrected chi connectivity index (χ2v) is 18.6. The molecule has 3 fully saturated rings. The third-order valence-electron chi connectivity index (χ3n) is 11.5. The van der Waals surface area contributed by atoms with Gasteiger partial charge in [0.2, 0.25) is 0 Å². The highest BCUT2D eigenvalue weighted by Gasteiger charge is 2.41. The molecule has 2 saturated heterocycles. The summed E-state index contributed by atoms with van der Waals surface area (Å²) in [6.07, 6.45) is 8.63. The van der Waals surface area contributed by atoms with Crippen LogP contribution in [0.2, 0.25) is 0 Å². The van der Waals surface area contributed by atoms with E-state index in [1.165, 1.54) is 52.0 Å². The van der Waals surface area contributed by atoms with Gasteiger partial charge in [-0.2, -0.15) is 0 Å². The van der Waals surface area contributed by atoms with Crippen molar-refractivity contribution in [2.45, 2.75) is 122 Å². The smallest absolute Gasteiger partial charge is 0.410 e. The molecule has 2 N–H and O–H groups in total. The Morgan fingerprint density at radius 2 is 1.35 bits per heavy atom. The number of ether oxygens (including phenoxy) is 2. The molecule has 5 heterocycles. The molecule has 0 radical (unpaired) electrons. The summed E-state index contributed by atoms with van der Waals surface area (Å²) in [7, 11) is 0. The summed E-state index contributed by atoms with van der Waals surface area (Å²) in [5, 5.41) is 0. The van der Waals surface area contributed by atoms with Gasteiger partial charge in [0.25, 0.3) is 0 Å². The Hall–Kier alpha value is -4.64. The third kappa shape index (κ3) is 6.37. The van der Waals surface area contributed by atoms with E-state index in [1.54, 1.807) is 11.3 Å². The SMILES string of the molecule is CC(C)(C)OC(=O)N1CCCC1c1ncc(-c2ccc(-c3ccc(-c4ccc5nc([C@@H]6CCCN6C(=O)OC(C)(C)C)[nH]c5c4)c4c3C3CCC4C3)s2)[nH]1. The van der Waals surface area contributed by atoms with Gasteiger partial charge in [-0.1, -0.05) is 18.2 Å². The lowest BCUT2D eigenvalue weighted by Crippen LogP contribution is -2.36. The van der Waals surface area contributed by atoms with Crippen LogP contribution in [0.3, 0.4) is 0 Å². The first-order chi connectivity index (χ1) is 25.8. The molecule has 2 bridgehead atoms. The van der Waals surface area contributed by atoms with Gasteiger partial charge in [-0.25, -0.2) is 19.6 Å². The van der Waals surface area contributed by atoms with E-state index in [9.17, 15) is 9.59 Å². The van der Waals surface area contributed by atoms with Gasteiger partial charge in [-0.05, 0) is 150 Å². The van der Waals surface area contributed by atoms with Crippen molar-refractivity contribution in [3.63, 3.8) is 0 Å². The summed E-state index contributed by atoms with van der Waals surface area (Å²) in [5.41, 5.74) is 8.70. The van der Waals surface area contributed by atoms with Crippen LogP contribution in [-0.4, -0.2) is 66.2 Å². The lowest BCUT2D eigenvalue weighted by Gasteiger charge is -2.27. The number of benzene rings is 2. The first-order valence-electron chi connectivity index (χ1n) is 19.6. The van der Waals surface area contributed by atoms with Crippen LogP contribution >= 0.6 is 11.3 Å². The van der Waals surface area contributed by atoms with Crippen molar-refractivity contribution >= 4 is 34.6 Å². The maximum atomic E-state index is 13.0. The Kier molecular flexibility index (Phi) is 8.44. The summed E-state index contributed by atoms with van der Waals surface area (Å²) in [4.78, 5) is 48.9. The molecule has 4 aliphatic rings. The Morgan fingerprint density at radius 1 is 0.741 bits per heavy atom. The molecule has 2 amide bonds. The highest BCUT2D eigenvalue weighted by molar-refractivity contribution is 7.18. The first-order valence-corrected chi connectivity index (χ1v) is 20.4. The molecule has 1 saturated carbocycles. The van der Waals surface area contributed by atoms with Gasteiger partial charge in [-0.15, -0.1) is 11.3 Å². The van der Waals surface area contributed by atoms with E-state index in [0.29, 0.717) is 24.9 Å². The van der Waals surface area contributed by atoms with Crippen molar-refractivity contribution in [2.75, 3.05) is 13.1 Å². The molecule has 4 atom stereocenters. The number of aromatic amines is 2. The molecule has 54 heavy (non-hydrogen) atoms. The van der Waals surface area contributed by atoms with Gasteiger partial charge in [0, 0.05) is 18.0 Å². The number of carbonyl (C=O) groups excluding carboxylic acids is 2. The van der Waals surface area contributed by atoms with Crippen LogP contribution in [-0.2, 0) is 9.47 Å². The molecule has 2 aliphatic carbocycles. The number of amides is 2. The van der Waals surface area contributed by atoms with E-state index in [0.717, 1.165) is 58.9 Å². The van der Waals surface area contributed by atoms with Crippen LogP contribution < -0.4 is 0 Å². The van der Waals surface area contributed by atoms with Gasteiger partial charge in [0.15, 0.2) is 0 Å². The van der Waals surface area contributed by atoms with Crippen molar-refractivity contribution in [1.82, 2.24) is 29.7 Å². The number of imidazole rings is 2. The van der Waals surface area contributed by atoms with Crippen molar-refractivity contribution < 1.29 is 19.1 Å². The van der Waals surface area contributed by atoms with Crippen LogP contribution in [0.5, 0.6) is 0 Å². The normalized spacial score (nSPS) is 22.4. The number of likely N-dealkylation sites (tertiary alicyclic amines) is 2. The van der Waals surface area contributed by atoms with Gasteiger partial charge in [-0.3, -0.25) is 9.80 Å². The van der Waals surface area contributed by atoms with E-state index in [1.807, 2.05) is 57.5 Å².